The van der Waals surface area contributed by atoms with Crippen LogP contribution in [0.3, 0.4) is 0 Å². The Bertz CT molecular complexity index is 1630. The molecule has 15 heteroatoms. The van der Waals surface area contributed by atoms with Crippen molar-refractivity contribution in [3.8, 4) is 0 Å². The summed E-state index contributed by atoms with van der Waals surface area (Å²) < 4.78 is 105. The summed E-state index contributed by atoms with van der Waals surface area (Å²) in [6.07, 6.45) is -10.2. The lowest BCUT2D eigenvalue weighted by Crippen LogP contribution is -2.18. The van der Waals surface area contributed by atoms with Gasteiger partial charge in [-0.2, -0.15) is 13.2 Å². The number of Topliss-reactive ketones (excluding diaryl/α,β-unsaturated/α-hetero) is 2. The average molecular weight is 673 g/mol. The molecular weight excluding hydrogens is 657 g/mol. The quantitative estimate of drug-likeness (QED) is 0.142. The van der Waals surface area contributed by atoms with Crippen LogP contribution in [0.15, 0.2) is 48.5 Å². The molecule has 1 aliphatic carbocycles. The van der Waals surface area contributed by atoms with Gasteiger partial charge in [-0.25, -0.2) is 22.0 Å². The van der Waals surface area contributed by atoms with E-state index in [0.29, 0.717) is 18.2 Å². The molecule has 3 aromatic carbocycles. The number of hydrogen-bond donors (Lipinski definition) is 1. The first-order chi connectivity index (χ1) is 19.9. The molecule has 1 amide bonds. The van der Waals surface area contributed by atoms with Gasteiger partial charge >= 0.3 is 6.18 Å². The van der Waals surface area contributed by atoms with Crippen molar-refractivity contribution in [1.29, 1.82) is 0 Å². The Morgan fingerprint density at radius 1 is 0.860 bits per heavy atom. The summed E-state index contributed by atoms with van der Waals surface area (Å²) in [7, 11) is 0. The third-order valence-electron chi connectivity index (χ3n) is 6.70. The molecule has 0 unspecified atom stereocenters. The molecule has 1 aliphatic rings. The van der Waals surface area contributed by atoms with Crippen molar-refractivity contribution >= 4 is 58.0 Å². The highest BCUT2D eigenvalue weighted by atomic mass is 35.5. The molecule has 0 radical (unpaired) electrons. The first kappa shape index (κ1) is 32.7. The van der Waals surface area contributed by atoms with Gasteiger partial charge in [-0.3, -0.25) is 14.4 Å². The molecule has 228 valence electrons. The van der Waals surface area contributed by atoms with Crippen LogP contribution in [-0.4, -0.2) is 28.2 Å². The van der Waals surface area contributed by atoms with Gasteiger partial charge in [-0.05, 0) is 53.1 Å². The molecule has 0 heterocycles. The number of anilines is 1. The second-order valence-corrected chi connectivity index (χ2v) is 11.5. The standard InChI is InChI=1S/C28H16Cl3F8NO3/c29-17-3-2-14(9-15(17)21(41)7-12-5-13(8-22(42)25(35)36)20(34)10-19(12)33)40-26(43)24-23(27(24,30)31)11-1-4-18(32)16(6-11)28(37,38)39/h1-6,9-10,23-25H,7-8H2,(H,40,43)/t23-,24+/m0/s1. The largest absolute Gasteiger partial charge is 0.419 e. The number of carbonyl (C=O) groups is 3. The number of hydrogen-bond acceptors (Lipinski definition) is 3. The molecule has 1 saturated carbocycles. The van der Waals surface area contributed by atoms with E-state index in [0.717, 1.165) is 18.2 Å². The van der Waals surface area contributed by atoms with Crippen LogP contribution in [0.2, 0.25) is 5.02 Å². The number of halogens is 11. The van der Waals surface area contributed by atoms with Crippen molar-refractivity contribution in [1.82, 2.24) is 0 Å². The van der Waals surface area contributed by atoms with E-state index >= 15 is 0 Å². The molecule has 1 fully saturated rings. The summed E-state index contributed by atoms with van der Waals surface area (Å²) in [4.78, 5) is 37.3. The van der Waals surface area contributed by atoms with E-state index in [9.17, 15) is 49.5 Å². The SMILES string of the molecule is O=C(Cc1cc(CC(=O)C(F)F)c(F)cc1F)c1cc(NC(=O)[C@H]2[C@H](c3ccc(F)c(C(F)(F)F)c3)C2(Cl)Cl)ccc1Cl. The van der Waals surface area contributed by atoms with Gasteiger partial charge < -0.3 is 5.32 Å². The van der Waals surface area contributed by atoms with Crippen LogP contribution in [0, 0.1) is 23.4 Å². The summed E-state index contributed by atoms with van der Waals surface area (Å²) in [6.45, 7) is 0. The van der Waals surface area contributed by atoms with E-state index < -0.39 is 93.2 Å². The molecule has 0 aliphatic heterocycles. The van der Waals surface area contributed by atoms with Gasteiger partial charge in [0.15, 0.2) is 5.78 Å². The number of carbonyl (C=O) groups excluding carboxylic acids is 3. The van der Waals surface area contributed by atoms with Gasteiger partial charge in [0.2, 0.25) is 11.7 Å². The van der Waals surface area contributed by atoms with Crippen LogP contribution in [0.4, 0.5) is 40.8 Å². The smallest absolute Gasteiger partial charge is 0.326 e. The molecular formula is C28H16Cl3F8NO3. The Labute approximate surface area is 252 Å². The summed E-state index contributed by atoms with van der Waals surface area (Å²) in [5.74, 6) is -9.68. The summed E-state index contributed by atoms with van der Waals surface area (Å²) in [5.41, 5.74) is -2.94. The van der Waals surface area contributed by atoms with Crippen molar-refractivity contribution in [3.05, 3.63) is 98.8 Å². The monoisotopic (exact) mass is 671 g/mol. The zero-order chi connectivity index (χ0) is 32.0. The first-order valence-corrected chi connectivity index (χ1v) is 13.2. The topological polar surface area (TPSA) is 63.2 Å². The van der Waals surface area contributed by atoms with Gasteiger partial charge in [0, 0.05) is 36.1 Å². The van der Waals surface area contributed by atoms with Gasteiger partial charge in [0.05, 0.1) is 16.5 Å². The van der Waals surface area contributed by atoms with Crippen molar-refractivity contribution in [3.63, 3.8) is 0 Å². The summed E-state index contributed by atoms with van der Waals surface area (Å²) in [5, 5.41) is 2.27. The minimum atomic E-state index is -5.01. The van der Waals surface area contributed by atoms with Gasteiger partial charge in [-0.15, -0.1) is 23.2 Å². The van der Waals surface area contributed by atoms with E-state index in [1.165, 1.54) is 12.1 Å². The van der Waals surface area contributed by atoms with Crippen LogP contribution in [0.25, 0.3) is 0 Å². The van der Waals surface area contributed by atoms with E-state index in [2.05, 4.69) is 5.32 Å². The number of alkyl halides is 7. The highest BCUT2D eigenvalue weighted by Crippen LogP contribution is 2.65. The third kappa shape index (κ3) is 6.97. The number of rotatable bonds is 9. The number of ketones is 2. The predicted molar refractivity (Wildman–Crippen MR) is 141 cm³/mol. The minimum absolute atomic E-state index is 0.0367. The molecule has 4 nitrogen and oxygen atoms in total. The van der Waals surface area contributed by atoms with E-state index in [-0.39, 0.29) is 21.8 Å². The summed E-state index contributed by atoms with van der Waals surface area (Å²) >= 11 is 18.5. The van der Waals surface area contributed by atoms with Crippen molar-refractivity contribution < 1.29 is 49.5 Å². The van der Waals surface area contributed by atoms with Gasteiger partial charge in [-0.1, -0.05) is 17.7 Å². The molecule has 0 bridgehead atoms. The van der Waals surface area contributed by atoms with E-state index in [4.69, 9.17) is 34.8 Å². The fourth-order valence-corrected chi connectivity index (χ4v) is 5.56. The van der Waals surface area contributed by atoms with E-state index in [1.807, 2.05) is 0 Å². The molecule has 4 rings (SSSR count). The Morgan fingerprint density at radius 3 is 2.09 bits per heavy atom. The van der Waals surface area contributed by atoms with Crippen molar-refractivity contribution in [2.45, 2.75) is 35.7 Å². The minimum Gasteiger partial charge on any atom is -0.326 e. The van der Waals surface area contributed by atoms with Gasteiger partial charge in [0.1, 0.15) is 21.8 Å². The van der Waals surface area contributed by atoms with Crippen LogP contribution in [0.5, 0.6) is 0 Å². The molecule has 43 heavy (non-hydrogen) atoms. The number of benzene rings is 3. The normalized spacial score (nSPS) is 17.6. The third-order valence-corrected chi connectivity index (χ3v) is 7.97. The Balaban J connectivity index is 1.53. The summed E-state index contributed by atoms with van der Waals surface area (Å²) in [6, 6.07) is 6.81. The molecule has 1 N–H and O–H groups in total. The second kappa shape index (κ2) is 12.0. The van der Waals surface area contributed by atoms with Crippen molar-refractivity contribution in [2.75, 3.05) is 5.32 Å². The van der Waals surface area contributed by atoms with Crippen LogP contribution < -0.4 is 5.32 Å². The second-order valence-electron chi connectivity index (χ2n) is 9.63. The maximum atomic E-state index is 14.4. The lowest BCUT2D eigenvalue weighted by Gasteiger charge is -2.11. The van der Waals surface area contributed by atoms with E-state index in [1.54, 1.807) is 0 Å². The molecule has 2 atom stereocenters. The molecule has 0 aromatic heterocycles. The van der Waals surface area contributed by atoms with Crippen LogP contribution >= 0.6 is 34.8 Å². The lowest BCUT2D eigenvalue weighted by molar-refractivity contribution is -0.140. The molecule has 0 saturated heterocycles. The zero-order valence-electron chi connectivity index (χ0n) is 21.1. The maximum Gasteiger partial charge on any atom is 0.419 e. The highest BCUT2D eigenvalue weighted by Gasteiger charge is 2.67. The number of amides is 1. The fraction of sp³-hybridized carbons (Fsp3) is 0.250. The highest BCUT2D eigenvalue weighted by molar-refractivity contribution is 6.53. The van der Waals surface area contributed by atoms with Crippen LogP contribution in [-0.2, 0) is 28.6 Å². The van der Waals surface area contributed by atoms with Crippen molar-refractivity contribution in [2.24, 2.45) is 5.92 Å². The molecule has 3 aromatic rings. The van der Waals surface area contributed by atoms with Gasteiger partial charge in [0.25, 0.3) is 6.43 Å². The zero-order valence-corrected chi connectivity index (χ0v) is 23.4. The van der Waals surface area contributed by atoms with Crippen LogP contribution in [0.1, 0.15) is 38.5 Å². The first-order valence-electron chi connectivity index (χ1n) is 12.1. The maximum absolute atomic E-state index is 14.4. The fourth-order valence-electron chi connectivity index (χ4n) is 4.51. The Hall–Kier alpha value is -3.22. The Morgan fingerprint density at radius 2 is 1.49 bits per heavy atom. The molecule has 0 spiro atoms. The number of nitrogens with one attached hydrogen (secondary N) is 1. The predicted octanol–water partition coefficient (Wildman–Crippen LogP) is 8.10. The Kier molecular flexibility index (Phi) is 9.16. The lowest BCUT2D eigenvalue weighted by atomic mass is 9.98. The average Bonchev–Trinajstić information content (AvgIpc) is 3.49.